The molecule has 0 bridgehead atoms. The summed E-state index contributed by atoms with van der Waals surface area (Å²) in [6.07, 6.45) is -3.13. The number of aryl methyl sites for hydroxylation is 1. The number of nitrogens with two attached hydrogens (primary N) is 1. The van der Waals surface area contributed by atoms with Gasteiger partial charge in [0.25, 0.3) is 0 Å². The second-order valence-electron chi connectivity index (χ2n) is 4.33. The Hall–Kier alpha value is -1.88. The maximum atomic E-state index is 12.9. The number of alkyl halides is 3. The van der Waals surface area contributed by atoms with Crippen LogP contribution in [0.5, 0.6) is 0 Å². The summed E-state index contributed by atoms with van der Waals surface area (Å²) in [6, 6.07) is 8.46. The summed E-state index contributed by atoms with van der Waals surface area (Å²) in [7, 11) is 0. The third-order valence-electron chi connectivity index (χ3n) is 2.84. The monoisotopic (exact) mass is 266 g/mol. The molecule has 0 unspecified atom stereocenters. The number of rotatable bonds is 2. The van der Waals surface area contributed by atoms with Crippen molar-refractivity contribution >= 4 is 0 Å². The number of nitrogens with zero attached hydrogens (tertiary/aromatic N) is 1. The first-order valence-electron chi connectivity index (χ1n) is 5.74. The van der Waals surface area contributed by atoms with Crippen LogP contribution in [0.25, 0.3) is 0 Å². The molecule has 1 aromatic carbocycles. The van der Waals surface area contributed by atoms with Crippen LogP contribution in [-0.4, -0.2) is 4.98 Å². The highest BCUT2D eigenvalue weighted by molar-refractivity contribution is 5.35. The molecule has 0 aliphatic rings. The third kappa shape index (κ3) is 2.93. The van der Waals surface area contributed by atoms with Gasteiger partial charge in [-0.25, -0.2) is 0 Å². The van der Waals surface area contributed by atoms with Crippen molar-refractivity contribution in [2.75, 3.05) is 0 Å². The quantitative estimate of drug-likeness (QED) is 0.904. The Labute approximate surface area is 109 Å². The lowest BCUT2D eigenvalue weighted by molar-refractivity contribution is -0.138. The molecule has 0 saturated carbocycles. The highest BCUT2D eigenvalue weighted by Gasteiger charge is 2.35. The molecule has 0 aliphatic carbocycles. The average Bonchev–Trinajstić information content (AvgIpc) is 2.37. The van der Waals surface area contributed by atoms with E-state index in [-0.39, 0.29) is 5.69 Å². The largest absolute Gasteiger partial charge is 0.418 e. The standard InChI is InChI=1S/C14H13F3N2/c1-9-4-2-5-10(8-9)12(18)13-11(14(15,16)17)6-3-7-19-13/h2-8,12H,18H2,1H3/t12-/m0/s1. The van der Waals surface area contributed by atoms with E-state index in [1.807, 2.05) is 13.0 Å². The van der Waals surface area contributed by atoms with E-state index in [0.717, 1.165) is 11.6 Å². The van der Waals surface area contributed by atoms with Gasteiger partial charge >= 0.3 is 6.18 Å². The minimum atomic E-state index is -4.45. The van der Waals surface area contributed by atoms with Crippen LogP contribution in [0.3, 0.4) is 0 Å². The number of hydrogen-bond donors (Lipinski definition) is 1. The van der Waals surface area contributed by atoms with E-state index in [0.29, 0.717) is 5.56 Å². The van der Waals surface area contributed by atoms with Gasteiger partial charge < -0.3 is 5.73 Å². The van der Waals surface area contributed by atoms with Crippen LogP contribution in [0.1, 0.15) is 28.4 Å². The van der Waals surface area contributed by atoms with Crippen LogP contribution in [0.15, 0.2) is 42.6 Å². The molecule has 5 heteroatoms. The smallest absolute Gasteiger partial charge is 0.319 e. The highest BCUT2D eigenvalue weighted by atomic mass is 19.4. The topological polar surface area (TPSA) is 38.9 Å². The number of pyridine rings is 1. The lowest BCUT2D eigenvalue weighted by Gasteiger charge is -2.17. The second-order valence-corrected chi connectivity index (χ2v) is 4.33. The Balaban J connectivity index is 2.48. The maximum absolute atomic E-state index is 12.9. The predicted octanol–water partition coefficient (Wildman–Crippen LogP) is 3.46. The number of halogens is 3. The summed E-state index contributed by atoms with van der Waals surface area (Å²) in [6.45, 7) is 1.86. The Bertz CT molecular complexity index is 579. The lowest BCUT2D eigenvalue weighted by atomic mass is 9.98. The fraction of sp³-hybridized carbons (Fsp3) is 0.214. The van der Waals surface area contributed by atoms with E-state index in [9.17, 15) is 13.2 Å². The Morgan fingerprint density at radius 3 is 2.53 bits per heavy atom. The molecule has 0 radical (unpaired) electrons. The fourth-order valence-electron chi connectivity index (χ4n) is 1.93. The minimum Gasteiger partial charge on any atom is -0.319 e. The molecular formula is C14H13F3N2. The van der Waals surface area contributed by atoms with Crippen LogP contribution in [0.4, 0.5) is 13.2 Å². The van der Waals surface area contributed by atoms with Gasteiger partial charge in [0.2, 0.25) is 0 Å². The number of hydrogen-bond acceptors (Lipinski definition) is 2. The molecule has 0 saturated heterocycles. The van der Waals surface area contributed by atoms with Gasteiger partial charge in [-0.3, -0.25) is 4.98 Å². The summed E-state index contributed by atoms with van der Waals surface area (Å²) in [5.41, 5.74) is 6.54. The zero-order chi connectivity index (χ0) is 14.0. The van der Waals surface area contributed by atoms with Gasteiger partial charge in [-0.1, -0.05) is 29.8 Å². The van der Waals surface area contributed by atoms with Crippen molar-refractivity contribution < 1.29 is 13.2 Å². The van der Waals surface area contributed by atoms with E-state index in [1.54, 1.807) is 18.2 Å². The normalized spacial score (nSPS) is 13.3. The van der Waals surface area contributed by atoms with Crippen molar-refractivity contribution in [3.63, 3.8) is 0 Å². The average molecular weight is 266 g/mol. The molecule has 0 fully saturated rings. The van der Waals surface area contributed by atoms with Gasteiger partial charge in [-0.05, 0) is 24.6 Å². The molecule has 1 heterocycles. The van der Waals surface area contributed by atoms with Crippen molar-refractivity contribution in [3.05, 3.63) is 65.0 Å². The molecule has 1 atom stereocenters. The molecule has 2 aromatic rings. The zero-order valence-corrected chi connectivity index (χ0v) is 10.3. The fourth-order valence-corrected chi connectivity index (χ4v) is 1.93. The summed E-state index contributed by atoms with van der Waals surface area (Å²) in [4.78, 5) is 3.81. The first kappa shape index (κ1) is 13.5. The van der Waals surface area contributed by atoms with Crippen LogP contribution in [0.2, 0.25) is 0 Å². The van der Waals surface area contributed by atoms with Crippen LogP contribution >= 0.6 is 0 Å². The van der Waals surface area contributed by atoms with Crippen LogP contribution in [-0.2, 0) is 6.18 Å². The molecule has 2 rings (SSSR count). The summed E-state index contributed by atoms with van der Waals surface area (Å²) in [5, 5.41) is 0. The van der Waals surface area contributed by atoms with E-state index in [2.05, 4.69) is 4.98 Å². The zero-order valence-electron chi connectivity index (χ0n) is 10.3. The van der Waals surface area contributed by atoms with Crippen molar-refractivity contribution in [1.29, 1.82) is 0 Å². The van der Waals surface area contributed by atoms with Gasteiger partial charge in [0.15, 0.2) is 0 Å². The van der Waals surface area contributed by atoms with Gasteiger partial charge in [0.1, 0.15) is 0 Å². The molecule has 0 amide bonds. The van der Waals surface area contributed by atoms with Gasteiger partial charge in [0.05, 0.1) is 17.3 Å². The second kappa shape index (κ2) is 5.01. The molecule has 0 spiro atoms. The summed E-state index contributed by atoms with van der Waals surface area (Å²) >= 11 is 0. The van der Waals surface area contributed by atoms with Crippen molar-refractivity contribution in [1.82, 2.24) is 4.98 Å². The highest BCUT2D eigenvalue weighted by Crippen LogP contribution is 2.34. The first-order valence-corrected chi connectivity index (χ1v) is 5.74. The molecule has 100 valence electrons. The molecular weight excluding hydrogens is 253 g/mol. The maximum Gasteiger partial charge on any atom is 0.418 e. The van der Waals surface area contributed by atoms with Gasteiger partial charge in [-0.2, -0.15) is 13.2 Å². The van der Waals surface area contributed by atoms with Crippen molar-refractivity contribution in [2.45, 2.75) is 19.1 Å². The van der Waals surface area contributed by atoms with E-state index < -0.39 is 17.8 Å². The van der Waals surface area contributed by atoms with E-state index >= 15 is 0 Å². The Morgan fingerprint density at radius 1 is 1.16 bits per heavy atom. The minimum absolute atomic E-state index is 0.152. The molecule has 1 aromatic heterocycles. The Morgan fingerprint density at radius 2 is 1.89 bits per heavy atom. The number of aromatic nitrogens is 1. The Kier molecular flexibility index (Phi) is 3.57. The van der Waals surface area contributed by atoms with E-state index in [1.165, 1.54) is 12.3 Å². The molecule has 19 heavy (non-hydrogen) atoms. The van der Waals surface area contributed by atoms with E-state index in [4.69, 9.17) is 5.73 Å². The predicted molar refractivity (Wildman–Crippen MR) is 66.4 cm³/mol. The summed E-state index contributed by atoms with van der Waals surface area (Å²) in [5.74, 6) is 0. The third-order valence-corrected chi connectivity index (χ3v) is 2.84. The number of benzene rings is 1. The SMILES string of the molecule is Cc1cccc([C@H](N)c2ncccc2C(F)(F)F)c1. The summed E-state index contributed by atoms with van der Waals surface area (Å²) < 4.78 is 38.7. The van der Waals surface area contributed by atoms with Gasteiger partial charge in [0, 0.05) is 6.20 Å². The first-order chi connectivity index (χ1) is 8.89. The van der Waals surface area contributed by atoms with Crippen LogP contribution in [0, 0.1) is 6.92 Å². The van der Waals surface area contributed by atoms with Gasteiger partial charge in [-0.15, -0.1) is 0 Å². The molecule has 2 N–H and O–H groups in total. The molecule has 0 aliphatic heterocycles. The lowest BCUT2D eigenvalue weighted by Crippen LogP contribution is -2.20. The molecule has 2 nitrogen and oxygen atoms in total. The van der Waals surface area contributed by atoms with Crippen molar-refractivity contribution in [2.24, 2.45) is 5.73 Å². The van der Waals surface area contributed by atoms with Crippen molar-refractivity contribution in [3.8, 4) is 0 Å². The van der Waals surface area contributed by atoms with Crippen LogP contribution < -0.4 is 5.73 Å².